The second kappa shape index (κ2) is 8.49. The SMILES string of the molecule is CCOP(=O)(C=Cc1ccc2c(c1)CN(C(=O)O)C(C(=O)O)C2)OCC. The van der Waals surface area contributed by atoms with Gasteiger partial charge in [0.25, 0.3) is 0 Å². The lowest BCUT2D eigenvalue weighted by Crippen LogP contribution is -2.48. The number of carboxylic acids is 1. The van der Waals surface area contributed by atoms with Crippen molar-refractivity contribution in [3.63, 3.8) is 0 Å². The Labute approximate surface area is 151 Å². The second-order valence-corrected chi connectivity index (χ2v) is 7.58. The predicted molar refractivity (Wildman–Crippen MR) is 95.0 cm³/mol. The van der Waals surface area contributed by atoms with Crippen molar-refractivity contribution < 1.29 is 33.4 Å². The van der Waals surface area contributed by atoms with Crippen molar-refractivity contribution in [2.45, 2.75) is 32.9 Å². The van der Waals surface area contributed by atoms with Gasteiger partial charge in [-0.2, -0.15) is 0 Å². The molecule has 0 bridgehead atoms. The molecule has 1 unspecified atom stereocenters. The van der Waals surface area contributed by atoms with Crippen molar-refractivity contribution in [1.82, 2.24) is 4.90 Å². The minimum absolute atomic E-state index is 0.0160. The summed E-state index contributed by atoms with van der Waals surface area (Å²) in [6.07, 6.45) is 0.430. The highest BCUT2D eigenvalue weighted by Gasteiger charge is 2.34. The number of benzene rings is 1. The summed E-state index contributed by atoms with van der Waals surface area (Å²) < 4.78 is 22.8. The van der Waals surface area contributed by atoms with Gasteiger partial charge in [0.2, 0.25) is 0 Å². The van der Waals surface area contributed by atoms with Crippen LogP contribution in [0.25, 0.3) is 6.08 Å². The first kappa shape index (κ1) is 20.2. The molecular formula is C17H22NO7P. The van der Waals surface area contributed by atoms with Crippen LogP contribution in [0, 0.1) is 0 Å². The number of carboxylic acid groups (broad SMARTS) is 2. The molecule has 1 aromatic carbocycles. The molecule has 0 fully saturated rings. The largest absolute Gasteiger partial charge is 0.480 e. The van der Waals surface area contributed by atoms with Crippen molar-refractivity contribution >= 4 is 25.7 Å². The summed E-state index contributed by atoms with van der Waals surface area (Å²) in [5.74, 6) is 0.205. The minimum atomic E-state index is -3.33. The molecule has 9 heteroatoms. The summed E-state index contributed by atoms with van der Waals surface area (Å²) in [7, 11) is -3.33. The van der Waals surface area contributed by atoms with Gasteiger partial charge in [0.05, 0.1) is 19.8 Å². The van der Waals surface area contributed by atoms with E-state index in [1.54, 1.807) is 38.1 Å². The van der Waals surface area contributed by atoms with E-state index in [9.17, 15) is 24.4 Å². The quantitative estimate of drug-likeness (QED) is 0.694. The Morgan fingerprint density at radius 3 is 2.42 bits per heavy atom. The molecule has 1 aliphatic rings. The molecule has 142 valence electrons. The van der Waals surface area contributed by atoms with Crippen molar-refractivity contribution in [3.8, 4) is 0 Å². The maximum absolute atomic E-state index is 12.5. The Bertz CT molecular complexity index is 751. The van der Waals surface area contributed by atoms with Crippen molar-refractivity contribution in [2.24, 2.45) is 0 Å². The number of rotatable bonds is 7. The molecule has 0 aliphatic carbocycles. The zero-order valence-electron chi connectivity index (χ0n) is 14.6. The third-order valence-electron chi connectivity index (χ3n) is 3.96. The number of hydrogen-bond acceptors (Lipinski definition) is 5. The van der Waals surface area contributed by atoms with Gasteiger partial charge < -0.3 is 19.3 Å². The predicted octanol–water partition coefficient (Wildman–Crippen LogP) is 3.41. The van der Waals surface area contributed by atoms with Gasteiger partial charge in [0, 0.05) is 12.2 Å². The monoisotopic (exact) mass is 383 g/mol. The fourth-order valence-corrected chi connectivity index (χ4v) is 4.11. The van der Waals surface area contributed by atoms with Gasteiger partial charge in [0.1, 0.15) is 6.04 Å². The zero-order chi connectivity index (χ0) is 19.3. The second-order valence-electron chi connectivity index (χ2n) is 5.69. The summed E-state index contributed by atoms with van der Waals surface area (Å²) >= 11 is 0. The first-order valence-corrected chi connectivity index (χ1v) is 9.83. The van der Waals surface area contributed by atoms with E-state index in [4.69, 9.17) is 9.05 Å². The van der Waals surface area contributed by atoms with E-state index in [2.05, 4.69) is 0 Å². The van der Waals surface area contributed by atoms with Crippen LogP contribution in [-0.4, -0.2) is 46.4 Å². The number of nitrogens with zero attached hydrogens (tertiary/aromatic N) is 1. The molecule has 0 aromatic heterocycles. The van der Waals surface area contributed by atoms with Crippen LogP contribution in [0.15, 0.2) is 24.0 Å². The lowest BCUT2D eigenvalue weighted by atomic mass is 9.93. The van der Waals surface area contributed by atoms with Crippen molar-refractivity contribution in [3.05, 3.63) is 40.7 Å². The molecule has 8 nitrogen and oxygen atoms in total. The normalized spacial score (nSPS) is 17.3. The van der Waals surface area contributed by atoms with E-state index in [0.29, 0.717) is 5.56 Å². The number of fused-ring (bicyclic) bond motifs is 1. The summed E-state index contributed by atoms with van der Waals surface area (Å²) in [4.78, 5) is 23.6. The Hall–Kier alpha value is -2.15. The Balaban J connectivity index is 2.27. The molecule has 26 heavy (non-hydrogen) atoms. The third kappa shape index (κ3) is 4.72. The molecule has 0 saturated carbocycles. The van der Waals surface area contributed by atoms with Gasteiger partial charge in [0.15, 0.2) is 0 Å². The van der Waals surface area contributed by atoms with E-state index < -0.39 is 25.7 Å². The maximum atomic E-state index is 12.5. The third-order valence-corrected chi connectivity index (χ3v) is 5.71. The fourth-order valence-electron chi connectivity index (χ4n) is 2.79. The van der Waals surface area contributed by atoms with Crippen LogP contribution < -0.4 is 0 Å². The fraction of sp³-hybridized carbons (Fsp3) is 0.412. The van der Waals surface area contributed by atoms with Crippen LogP contribution in [0.2, 0.25) is 0 Å². The van der Waals surface area contributed by atoms with E-state index in [0.717, 1.165) is 16.0 Å². The van der Waals surface area contributed by atoms with Crippen molar-refractivity contribution in [1.29, 1.82) is 0 Å². The highest BCUT2D eigenvalue weighted by Crippen LogP contribution is 2.50. The first-order valence-electron chi connectivity index (χ1n) is 8.22. The zero-order valence-corrected chi connectivity index (χ0v) is 15.5. The van der Waals surface area contributed by atoms with Crippen LogP contribution in [0.4, 0.5) is 4.79 Å². The average molecular weight is 383 g/mol. The van der Waals surface area contributed by atoms with Crippen LogP contribution in [-0.2, 0) is 31.4 Å². The Morgan fingerprint density at radius 1 is 1.23 bits per heavy atom. The highest BCUT2D eigenvalue weighted by molar-refractivity contribution is 7.57. The molecule has 1 heterocycles. The number of aliphatic carboxylic acids is 1. The first-order chi connectivity index (χ1) is 12.3. The van der Waals surface area contributed by atoms with Crippen LogP contribution >= 0.6 is 7.60 Å². The average Bonchev–Trinajstić information content (AvgIpc) is 2.59. The summed E-state index contributed by atoms with van der Waals surface area (Å²) in [5, 5.41) is 18.5. The maximum Gasteiger partial charge on any atom is 0.408 e. The lowest BCUT2D eigenvalue weighted by molar-refractivity contribution is -0.143. The number of amides is 1. The molecule has 2 rings (SSSR count). The smallest absolute Gasteiger partial charge is 0.408 e. The van der Waals surface area contributed by atoms with Gasteiger partial charge >= 0.3 is 19.7 Å². The molecule has 0 spiro atoms. The van der Waals surface area contributed by atoms with Gasteiger partial charge in [-0.1, -0.05) is 12.1 Å². The number of carbonyl (C=O) groups is 2. The van der Waals surface area contributed by atoms with Crippen LogP contribution in [0.5, 0.6) is 0 Å². The van der Waals surface area contributed by atoms with Crippen LogP contribution in [0.1, 0.15) is 30.5 Å². The standard InChI is InChI=1S/C17H22NO7P/c1-3-24-26(23,25-4-2)8-7-12-5-6-13-10-15(16(19)20)18(17(21)22)11-14(13)9-12/h5-9,15H,3-4,10-11H2,1-2H3,(H,19,20)(H,21,22). The van der Waals surface area contributed by atoms with E-state index in [1.807, 2.05) is 0 Å². The summed E-state index contributed by atoms with van der Waals surface area (Å²) in [6.45, 7) is 3.92. The molecule has 1 amide bonds. The lowest BCUT2D eigenvalue weighted by Gasteiger charge is -2.32. The summed E-state index contributed by atoms with van der Waals surface area (Å²) in [6, 6.07) is 4.17. The molecule has 2 N–H and O–H groups in total. The highest BCUT2D eigenvalue weighted by atomic mass is 31.2. The minimum Gasteiger partial charge on any atom is -0.480 e. The van der Waals surface area contributed by atoms with E-state index in [1.165, 1.54) is 5.82 Å². The molecule has 1 atom stereocenters. The molecule has 1 aromatic rings. The molecule has 0 saturated heterocycles. The van der Waals surface area contributed by atoms with Crippen molar-refractivity contribution in [2.75, 3.05) is 13.2 Å². The van der Waals surface area contributed by atoms with Gasteiger partial charge in [-0.05, 0) is 42.7 Å². The van der Waals surface area contributed by atoms with Gasteiger partial charge in [-0.15, -0.1) is 0 Å². The number of hydrogen-bond donors (Lipinski definition) is 2. The summed E-state index contributed by atoms with van der Waals surface area (Å²) in [5.41, 5.74) is 2.20. The topological polar surface area (TPSA) is 113 Å². The molecule has 1 aliphatic heterocycles. The van der Waals surface area contributed by atoms with Crippen LogP contribution in [0.3, 0.4) is 0 Å². The van der Waals surface area contributed by atoms with Gasteiger partial charge in [-0.3, -0.25) is 9.46 Å². The van der Waals surface area contributed by atoms with E-state index >= 15 is 0 Å². The van der Waals surface area contributed by atoms with Gasteiger partial charge in [-0.25, -0.2) is 9.59 Å². The Morgan fingerprint density at radius 2 is 1.88 bits per heavy atom. The molecule has 0 radical (unpaired) electrons. The molecular weight excluding hydrogens is 361 g/mol. The van der Waals surface area contributed by atoms with E-state index in [-0.39, 0.29) is 26.2 Å². The Kier molecular flexibility index (Phi) is 6.58.